The van der Waals surface area contributed by atoms with E-state index in [1.54, 1.807) is 0 Å². The third-order valence-electron chi connectivity index (χ3n) is 3.10. The summed E-state index contributed by atoms with van der Waals surface area (Å²) in [4.78, 5) is 11.0. The van der Waals surface area contributed by atoms with E-state index in [1.807, 2.05) is 6.08 Å². The molecule has 60 valence electrons. The normalized spacial score (nSPS) is 36.8. The lowest BCUT2D eigenvalue weighted by Crippen LogP contribution is -2.13. The van der Waals surface area contributed by atoms with Crippen LogP contribution in [0.1, 0.15) is 32.6 Å². The molecule has 0 N–H and O–H groups in total. The van der Waals surface area contributed by atoms with Crippen LogP contribution >= 0.6 is 0 Å². The van der Waals surface area contributed by atoms with Crippen molar-refractivity contribution in [2.75, 3.05) is 0 Å². The van der Waals surface area contributed by atoms with E-state index in [4.69, 9.17) is 0 Å². The van der Waals surface area contributed by atoms with E-state index in [2.05, 4.69) is 6.92 Å². The SMILES string of the molecule is CC1CCC2=CC(=O)CCC21. The minimum Gasteiger partial charge on any atom is -0.295 e. The smallest absolute Gasteiger partial charge is 0.155 e. The Balaban J connectivity index is 2.24. The minimum absolute atomic E-state index is 0.352. The number of allylic oxidation sites excluding steroid dienone is 2. The quantitative estimate of drug-likeness (QED) is 0.518. The summed E-state index contributed by atoms with van der Waals surface area (Å²) in [6, 6.07) is 0. The third kappa shape index (κ3) is 1.13. The summed E-state index contributed by atoms with van der Waals surface area (Å²) in [7, 11) is 0. The third-order valence-corrected chi connectivity index (χ3v) is 3.10. The summed E-state index contributed by atoms with van der Waals surface area (Å²) in [5.74, 6) is 1.94. The standard InChI is InChI=1S/C10H14O/c1-7-2-3-8-6-9(11)4-5-10(7)8/h6-7,10H,2-5H2,1H3. The second-order valence-electron chi connectivity index (χ2n) is 3.85. The van der Waals surface area contributed by atoms with Gasteiger partial charge in [-0.25, -0.2) is 0 Å². The maximum Gasteiger partial charge on any atom is 0.155 e. The maximum absolute atomic E-state index is 11.0. The average Bonchev–Trinajstić information content (AvgIpc) is 2.32. The van der Waals surface area contributed by atoms with E-state index in [1.165, 1.54) is 18.4 Å². The molecule has 0 aromatic carbocycles. The molecule has 1 fully saturated rings. The monoisotopic (exact) mass is 150 g/mol. The Morgan fingerprint density at radius 3 is 3.00 bits per heavy atom. The molecule has 0 heterocycles. The molecule has 0 bridgehead atoms. The molecule has 0 aromatic heterocycles. The summed E-state index contributed by atoms with van der Waals surface area (Å²) in [5, 5.41) is 0. The van der Waals surface area contributed by atoms with Crippen molar-refractivity contribution in [2.24, 2.45) is 11.8 Å². The van der Waals surface area contributed by atoms with Crippen LogP contribution in [0.25, 0.3) is 0 Å². The highest BCUT2D eigenvalue weighted by Crippen LogP contribution is 2.41. The summed E-state index contributed by atoms with van der Waals surface area (Å²) in [6.07, 6.45) is 6.28. The van der Waals surface area contributed by atoms with Crippen LogP contribution in [0.4, 0.5) is 0 Å². The van der Waals surface area contributed by atoms with Gasteiger partial charge in [0.1, 0.15) is 0 Å². The molecule has 2 rings (SSSR count). The lowest BCUT2D eigenvalue weighted by atomic mass is 9.85. The minimum atomic E-state index is 0.352. The number of carbonyl (C=O) groups excluding carboxylic acids is 1. The zero-order valence-corrected chi connectivity index (χ0v) is 6.97. The molecular formula is C10H14O. The lowest BCUT2D eigenvalue weighted by molar-refractivity contribution is -0.115. The van der Waals surface area contributed by atoms with Crippen LogP contribution in [0, 0.1) is 11.8 Å². The van der Waals surface area contributed by atoms with E-state index in [0.29, 0.717) is 5.78 Å². The second-order valence-corrected chi connectivity index (χ2v) is 3.85. The average molecular weight is 150 g/mol. The Morgan fingerprint density at radius 1 is 1.36 bits per heavy atom. The number of carbonyl (C=O) groups is 1. The highest BCUT2D eigenvalue weighted by Gasteiger charge is 2.31. The van der Waals surface area contributed by atoms with Crippen molar-refractivity contribution in [3.8, 4) is 0 Å². The lowest BCUT2D eigenvalue weighted by Gasteiger charge is -2.19. The van der Waals surface area contributed by atoms with Gasteiger partial charge >= 0.3 is 0 Å². The first-order chi connectivity index (χ1) is 5.27. The molecule has 11 heavy (non-hydrogen) atoms. The predicted molar refractivity (Wildman–Crippen MR) is 44.2 cm³/mol. The van der Waals surface area contributed by atoms with Gasteiger partial charge in [-0.1, -0.05) is 12.5 Å². The van der Waals surface area contributed by atoms with E-state index < -0.39 is 0 Å². The summed E-state index contributed by atoms with van der Waals surface area (Å²) >= 11 is 0. The zero-order chi connectivity index (χ0) is 7.84. The number of fused-ring (bicyclic) bond motifs is 1. The molecule has 2 aliphatic carbocycles. The number of hydrogen-bond acceptors (Lipinski definition) is 1. The van der Waals surface area contributed by atoms with Crippen molar-refractivity contribution in [1.29, 1.82) is 0 Å². The number of rotatable bonds is 0. The topological polar surface area (TPSA) is 17.1 Å². The second kappa shape index (κ2) is 2.47. The van der Waals surface area contributed by atoms with Gasteiger partial charge in [-0.2, -0.15) is 0 Å². The Kier molecular flexibility index (Phi) is 1.59. The van der Waals surface area contributed by atoms with Gasteiger partial charge < -0.3 is 0 Å². The Morgan fingerprint density at radius 2 is 2.18 bits per heavy atom. The Hall–Kier alpha value is -0.590. The van der Waals surface area contributed by atoms with Gasteiger partial charge in [-0.3, -0.25) is 4.79 Å². The van der Waals surface area contributed by atoms with Crippen molar-refractivity contribution in [1.82, 2.24) is 0 Å². The highest BCUT2D eigenvalue weighted by molar-refractivity contribution is 5.91. The molecule has 0 radical (unpaired) electrons. The van der Waals surface area contributed by atoms with Gasteiger partial charge in [0, 0.05) is 6.42 Å². The largest absolute Gasteiger partial charge is 0.295 e. The van der Waals surface area contributed by atoms with Gasteiger partial charge in [-0.05, 0) is 37.2 Å². The maximum atomic E-state index is 11.0. The van der Waals surface area contributed by atoms with Gasteiger partial charge in [0.15, 0.2) is 5.78 Å². The molecular weight excluding hydrogens is 136 g/mol. The fourth-order valence-electron chi connectivity index (χ4n) is 2.37. The molecule has 1 saturated carbocycles. The first-order valence-corrected chi connectivity index (χ1v) is 4.50. The Bertz CT molecular complexity index is 215. The van der Waals surface area contributed by atoms with Gasteiger partial charge in [0.25, 0.3) is 0 Å². The summed E-state index contributed by atoms with van der Waals surface area (Å²) < 4.78 is 0. The summed E-state index contributed by atoms with van der Waals surface area (Å²) in [6.45, 7) is 2.31. The van der Waals surface area contributed by atoms with Crippen LogP contribution in [-0.4, -0.2) is 5.78 Å². The fraction of sp³-hybridized carbons (Fsp3) is 0.700. The molecule has 1 nitrogen and oxygen atoms in total. The van der Waals surface area contributed by atoms with Gasteiger partial charge in [0.05, 0.1) is 0 Å². The van der Waals surface area contributed by atoms with Crippen molar-refractivity contribution in [3.05, 3.63) is 11.6 Å². The van der Waals surface area contributed by atoms with Crippen LogP contribution in [0.5, 0.6) is 0 Å². The van der Waals surface area contributed by atoms with Crippen molar-refractivity contribution in [3.63, 3.8) is 0 Å². The molecule has 2 aliphatic rings. The van der Waals surface area contributed by atoms with E-state index >= 15 is 0 Å². The first kappa shape index (κ1) is 7.08. The van der Waals surface area contributed by atoms with E-state index in [9.17, 15) is 4.79 Å². The Labute approximate surface area is 67.5 Å². The van der Waals surface area contributed by atoms with E-state index in [0.717, 1.165) is 24.7 Å². The highest BCUT2D eigenvalue weighted by atomic mass is 16.1. The first-order valence-electron chi connectivity index (χ1n) is 4.50. The number of hydrogen-bond donors (Lipinski definition) is 0. The molecule has 0 aliphatic heterocycles. The molecule has 1 heteroatoms. The van der Waals surface area contributed by atoms with Crippen LogP contribution < -0.4 is 0 Å². The molecule has 0 amide bonds. The molecule has 2 unspecified atom stereocenters. The van der Waals surface area contributed by atoms with E-state index in [-0.39, 0.29) is 0 Å². The van der Waals surface area contributed by atoms with Gasteiger partial charge in [0.2, 0.25) is 0 Å². The molecule has 2 atom stereocenters. The number of ketones is 1. The fourth-order valence-corrected chi connectivity index (χ4v) is 2.37. The van der Waals surface area contributed by atoms with Crippen molar-refractivity contribution in [2.45, 2.75) is 32.6 Å². The summed E-state index contributed by atoms with van der Waals surface area (Å²) in [5.41, 5.74) is 1.44. The molecule has 0 aromatic rings. The van der Waals surface area contributed by atoms with Crippen LogP contribution in [0.2, 0.25) is 0 Å². The molecule has 0 spiro atoms. The van der Waals surface area contributed by atoms with Crippen LogP contribution in [-0.2, 0) is 4.79 Å². The predicted octanol–water partition coefficient (Wildman–Crippen LogP) is 2.32. The van der Waals surface area contributed by atoms with Crippen molar-refractivity contribution >= 4 is 5.78 Å². The van der Waals surface area contributed by atoms with Gasteiger partial charge in [-0.15, -0.1) is 0 Å². The van der Waals surface area contributed by atoms with Crippen molar-refractivity contribution < 1.29 is 4.79 Å². The van der Waals surface area contributed by atoms with Crippen LogP contribution in [0.3, 0.4) is 0 Å². The zero-order valence-electron chi connectivity index (χ0n) is 6.97. The van der Waals surface area contributed by atoms with Crippen LogP contribution in [0.15, 0.2) is 11.6 Å². The molecule has 0 saturated heterocycles.